The van der Waals surface area contributed by atoms with Crippen LogP contribution in [0.1, 0.15) is 24.2 Å². The Morgan fingerprint density at radius 1 is 1.53 bits per heavy atom. The Kier molecular flexibility index (Phi) is 5.28. The van der Waals surface area contributed by atoms with Crippen molar-refractivity contribution in [2.45, 2.75) is 13.8 Å². The van der Waals surface area contributed by atoms with Gasteiger partial charge in [0.05, 0.1) is 16.6 Å². The Morgan fingerprint density at radius 3 is 2.65 bits per heavy atom. The Morgan fingerprint density at radius 2 is 2.18 bits per heavy atom. The number of ether oxygens (including phenoxy) is 1. The highest BCUT2D eigenvalue weighted by molar-refractivity contribution is 9.10. The number of methoxy groups -OCH3 is 1. The molecule has 0 unspecified atom stereocenters. The third-order valence-corrected chi connectivity index (χ3v) is 3.01. The van der Waals surface area contributed by atoms with Crippen molar-refractivity contribution in [3.8, 4) is 5.75 Å². The SMILES string of the molecule is COc1c(Cl)cc(C(=O)NCC(C)C)cc1Br. The van der Waals surface area contributed by atoms with Crippen molar-refractivity contribution in [2.24, 2.45) is 5.92 Å². The minimum Gasteiger partial charge on any atom is -0.494 e. The van der Waals surface area contributed by atoms with Crippen molar-refractivity contribution in [3.05, 3.63) is 27.2 Å². The summed E-state index contributed by atoms with van der Waals surface area (Å²) >= 11 is 9.32. The summed E-state index contributed by atoms with van der Waals surface area (Å²) in [6, 6.07) is 3.29. The fourth-order valence-electron chi connectivity index (χ4n) is 1.28. The Hall–Kier alpha value is -0.740. The maximum atomic E-state index is 11.8. The van der Waals surface area contributed by atoms with E-state index >= 15 is 0 Å². The summed E-state index contributed by atoms with van der Waals surface area (Å²) in [5, 5.41) is 3.24. The van der Waals surface area contributed by atoms with Gasteiger partial charge in [0.1, 0.15) is 0 Å². The molecule has 5 heteroatoms. The van der Waals surface area contributed by atoms with Gasteiger partial charge in [-0.3, -0.25) is 4.79 Å². The molecule has 0 aromatic heterocycles. The first kappa shape index (κ1) is 14.3. The lowest BCUT2D eigenvalue weighted by Gasteiger charge is -2.10. The second-order valence-corrected chi connectivity index (χ2v) is 5.34. The number of rotatable bonds is 4. The van der Waals surface area contributed by atoms with E-state index in [0.29, 0.717) is 33.3 Å². The molecule has 0 radical (unpaired) electrons. The molecule has 0 saturated carbocycles. The zero-order chi connectivity index (χ0) is 13.0. The van der Waals surface area contributed by atoms with Crippen molar-refractivity contribution in [1.82, 2.24) is 5.32 Å². The van der Waals surface area contributed by atoms with Crippen LogP contribution in [0.5, 0.6) is 5.75 Å². The molecule has 17 heavy (non-hydrogen) atoms. The molecule has 0 fully saturated rings. The van der Waals surface area contributed by atoms with Gasteiger partial charge in [-0.05, 0) is 34.0 Å². The zero-order valence-corrected chi connectivity index (χ0v) is 12.4. The van der Waals surface area contributed by atoms with Crippen LogP contribution in [-0.4, -0.2) is 19.6 Å². The smallest absolute Gasteiger partial charge is 0.251 e. The molecule has 0 aliphatic heterocycles. The largest absolute Gasteiger partial charge is 0.494 e. The van der Waals surface area contributed by atoms with Gasteiger partial charge in [-0.25, -0.2) is 0 Å². The maximum Gasteiger partial charge on any atom is 0.251 e. The monoisotopic (exact) mass is 319 g/mol. The van der Waals surface area contributed by atoms with Crippen LogP contribution in [0.3, 0.4) is 0 Å². The number of carbonyl (C=O) groups excluding carboxylic acids is 1. The Bertz CT molecular complexity index is 398. The van der Waals surface area contributed by atoms with E-state index < -0.39 is 0 Å². The first-order valence-corrected chi connectivity index (χ1v) is 6.44. The third kappa shape index (κ3) is 3.89. The topological polar surface area (TPSA) is 38.3 Å². The maximum absolute atomic E-state index is 11.8. The molecule has 1 N–H and O–H groups in total. The van der Waals surface area contributed by atoms with Gasteiger partial charge >= 0.3 is 0 Å². The average molecular weight is 321 g/mol. The van der Waals surface area contributed by atoms with Crippen LogP contribution in [0, 0.1) is 5.92 Å². The standard InChI is InChI=1S/C12H15BrClNO2/c1-7(2)6-15-12(16)8-4-9(13)11(17-3)10(14)5-8/h4-5,7H,6H2,1-3H3,(H,15,16). The van der Waals surface area contributed by atoms with E-state index in [1.807, 2.05) is 13.8 Å². The van der Waals surface area contributed by atoms with Gasteiger partial charge in [0.2, 0.25) is 0 Å². The van der Waals surface area contributed by atoms with Gasteiger partial charge in [-0.2, -0.15) is 0 Å². The van der Waals surface area contributed by atoms with Crippen LogP contribution in [0.2, 0.25) is 5.02 Å². The van der Waals surface area contributed by atoms with Crippen LogP contribution in [0.25, 0.3) is 0 Å². The average Bonchev–Trinajstić information content (AvgIpc) is 2.25. The van der Waals surface area contributed by atoms with Crippen LogP contribution in [0.4, 0.5) is 0 Å². The Labute approximate surface area is 115 Å². The van der Waals surface area contributed by atoms with Gasteiger partial charge in [0, 0.05) is 12.1 Å². The summed E-state index contributed by atoms with van der Waals surface area (Å²) in [4.78, 5) is 11.8. The summed E-state index contributed by atoms with van der Waals surface area (Å²) in [5.74, 6) is 0.812. The molecule has 0 bridgehead atoms. The third-order valence-electron chi connectivity index (χ3n) is 2.14. The van der Waals surface area contributed by atoms with Crippen molar-refractivity contribution in [3.63, 3.8) is 0 Å². The molecule has 0 aliphatic rings. The molecule has 0 spiro atoms. The fraction of sp³-hybridized carbons (Fsp3) is 0.417. The molecule has 0 atom stereocenters. The fourth-order valence-corrected chi connectivity index (χ4v) is 2.32. The molecule has 0 aliphatic carbocycles. The van der Waals surface area contributed by atoms with Crippen LogP contribution >= 0.6 is 27.5 Å². The van der Waals surface area contributed by atoms with Crippen LogP contribution < -0.4 is 10.1 Å². The van der Waals surface area contributed by atoms with E-state index in [-0.39, 0.29) is 5.91 Å². The molecule has 0 saturated heterocycles. The molecule has 1 rings (SSSR count). The molecular weight excluding hydrogens is 305 g/mol. The summed E-state index contributed by atoms with van der Waals surface area (Å²) < 4.78 is 5.77. The predicted molar refractivity (Wildman–Crippen MR) is 72.9 cm³/mol. The lowest BCUT2D eigenvalue weighted by atomic mass is 10.2. The number of hydrogen-bond donors (Lipinski definition) is 1. The lowest BCUT2D eigenvalue weighted by molar-refractivity contribution is 0.0949. The summed E-state index contributed by atoms with van der Waals surface area (Å²) in [5.41, 5.74) is 0.517. The van der Waals surface area contributed by atoms with Crippen molar-refractivity contribution < 1.29 is 9.53 Å². The molecule has 0 heterocycles. The predicted octanol–water partition coefficient (Wildman–Crippen LogP) is 3.50. The first-order chi connectivity index (χ1) is 7.95. The summed E-state index contributed by atoms with van der Waals surface area (Å²) in [6.07, 6.45) is 0. The minimum absolute atomic E-state index is 0.135. The van der Waals surface area contributed by atoms with Gasteiger partial charge in [0.25, 0.3) is 5.91 Å². The number of benzene rings is 1. The minimum atomic E-state index is -0.135. The number of nitrogens with one attached hydrogen (secondary N) is 1. The number of halogens is 2. The summed E-state index contributed by atoms with van der Waals surface area (Å²) in [7, 11) is 1.53. The van der Waals surface area contributed by atoms with Crippen LogP contribution in [-0.2, 0) is 0 Å². The van der Waals surface area contributed by atoms with E-state index in [9.17, 15) is 4.79 Å². The number of hydrogen-bond acceptors (Lipinski definition) is 2. The highest BCUT2D eigenvalue weighted by Crippen LogP contribution is 2.34. The molecule has 94 valence electrons. The zero-order valence-electron chi connectivity index (χ0n) is 10.0. The van der Waals surface area contributed by atoms with E-state index in [0.717, 1.165) is 0 Å². The van der Waals surface area contributed by atoms with Gasteiger partial charge in [-0.15, -0.1) is 0 Å². The Balaban J connectivity index is 2.89. The molecule has 3 nitrogen and oxygen atoms in total. The normalized spacial score (nSPS) is 10.5. The van der Waals surface area contributed by atoms with Crippen LogP contribution in [0.15, 0.2) is 16.6 Å². The van der Waals surface area contributed by atoms with Gasteiger partial charge in [-0.1, -0.05) is 25.4 Å². The van der Waals surface area contributed by atoms with Gasteiger partial charge < -0.3 is 10.1 Å². The quantitative estimate of drug-likeness (QED) is 0.922. The molecule has 1 aromatic carbocycles. The molecular formula is C12H15BrClNO2. The number of carbonyl (C=O) groups is 1. The molecule has 1 amide bonds. The summed E-state index contributed by atoms with van der Waals surface area (Å²) in [6.45, 7) is 4.72. The van der Waals surface area contributed by atoms with E-state index in [2.05, 4.69) is 21.2 Å². The van der Waals surface area contributed by atoms with Crippen molar-refractivity contribution in [1.29, 1.82) is 0 Å². The van der Waals surface area contributed by atoms with Gasteiger partial charge in [0.15, 0.2) is 5.75 Å². The van der Waals surface area contributed by atoms with Crippen molar-refractivity contribution in [2.75, 3.05) is 13.7 Å². The number of amides is 1. The van der Waals surface area contributed by atoms with Crippen molar-refractivity contribution >= 4 is 33.4 Å². The second kappa shape index (κ2) is 6.26. The second-order valence-electron chi connectivity index (χ2n) is 4.08. The van der Waals surface area contributed by atoms with E-state index in [1.54, 1.807) is 12.1 Å². The van der Waals surface area contributed by atoms with E-state index in [1.165, 1.54) is 7.11 Å². The highest BCUT2D eigenvalue weighted by atomic mass is 79.9. The lowest BCUT2D eigenvalue weighted by Crippen LogP contribution is -2.27. The first-order valence-electron chi connectivity index (χ1n) is 5.27. The highest BCUT2D eigenvalue weighted by Gasteiger charge is 2.13. The van der Waals surface area contributed by atoms with E-state index in [4.69, 9.17) is 16.3 Å². The molecule has 1 aromatic rings.